The Balaban J connectivity index is 1.38. The number of piperidine rings is 3. The fourth-order valence-corrected chi connectivity index (χ4v) is 4.35. The quantitative estimate of drug-likeness (QED) is 0.802. The molecule has 5 heteroatoms. The zero-order valence-electron chi connectivity index (χ0n) is 16.4. The molecule has 1 N–H and O–H groups in total. The summed E-state index contributed by atoms with van der Waals surface area (Å²) < 4.78 is 5.81. The Morgan fingerprint density at radius 3 is 1.96 bits per heavy atom. The Morgan fingerprint density at radius 2 is 1.46 bits per heavy atom. The Morgan fingerprint density at radius 1 is 0.929 bits per heavy atom. The molecule has 5 nitrogen and oxygen atoms in total. The number of carbonyl (C=O) groups excluding carboxylic acids is 2. The summed E-state index contributed by atoms with van der Waals surface area (Å²) in [5, 5.41) is 3.25. The van der Waals surface area contributed by atoms with Crippen molar-refractivity contribution < 1.29 is 14.3 Å². The van der Waals surface area contributed by atoms with Crippen molar-refractivity contribution in [2.45, 2.75) is 38.8 Å². The van der Waals surface area contributed by atoms with Gasteiger partial charge in [-0.2, -0.15) is 0 Å². The second kappa shape index (κ2) is 7.76. The molecule has 2 bridgehead atoms. The van der Waals surface area contributed by atoms with Gasteiger partial charge in [-0.25, -0.2) is 0 Å². The Labute approximate surface area is 165 Å². The predicted molar refractivity (Wildman–Crippen MR) is 108 cm³/mol. The van der Waals surface area contributed by atoms with Crippen molar-refractivity contribution in [3.05, 3.63) is 59.7 Å². The van der Waals surface area contributed by atoms with Gasteiger partial charge in [-0.1, -0.05) is 0 Å². The van der Waals surface area contributed by atoms with Gasteiger partial charge in [0.05, 0.1) is 0 Å². The number of hydrogen-bond acceptors (Lipinski definition) is 4. The fourth-order valence-electron chi connectivity index (χ4n) is 4.35. The zero-order chi connectivity index (χ0) is 19.7. The first-order chi connectivity index (χ1) is 13.5. The minimum absolute atomic E-state index is 0.0250. The minimum Gasteiger partial charge on any atom is -0.457 e. The lowest BCUT2D eigenvalue weighted by Crippen LogP contribution is -2.62. The third-order valence-electron chi connectivity index (χ3n) is 6.09. The van der Waals surface area contributed by atoms with Crippen LogP contribution in [-0.4, -0.2) is 41.8 Å². The summed E-state index contributed by atoms with van der Waals surface area (Å²) in [6, 6.07) is 14.8. The summed E-state index contributed by atoms with van der Waals surface area (Å²) in [4.78, 5) is 26.5. The highest BCUT2D eigenvalue weighted by atomic mass is 16.5. The number of rotatable bonds is 5. The average Bonchev–Trinajstić information content (AvgIpc) is 2.72. The predicted octanol–water partition coefficient (Wildman–Crippen LogP) is 3.89. The van der Waals surface area contributed by atoms with E-state index in [0.29, 0.717) is 34.6 Å². The summed E-state index contributed by atoms with van der Waals surface area (Å²) in [5.74, 6) is 1.90. The topological polar surface area (TPSA) is 58.6 Å². The van der Waals surface area contributed by atoms with Crippen molar-refractivity contribution in [1.29, 1.82) is 0 Å². The molecule has 2 aromatic rings. The number of carbonyl (C=O) groups is 2. The molecule has 28 heavy (non-hydrogen) atoms. The Bertz CT molecular complexity index is 850. The summed E-state index contributed by atoms with van der Waals surface area (Å²) in [5.41, 5.74) is 1.30. The van der Waals surface area contributed by atoms with Gasteiger partial charge in [0.15, 0.2) is 5.78 Å². The van der Waals surface area contributed by atoms with Crippen molar-refractivity contribution in [2.75, 3.05) is 13.1 Å². The van der Waals surface area contributed by atoms with Crippen molar-refractivity contribution in [3.8, 4) is 11.5 Å². The SMILES string of the molecule is CC(=O)c1ccc(Oc2ccc(C(=O)NC3C4CCN(CC4)C3C)cc2)cc1. The molecule has 2 aromatic carbocycles. The van der Waals surface area contributed by atoms with Gasteiger partial charge in [0.1, 0.15) is 11.5 Å². The van der Waals surface area contributed by atoms with Crippen LogP contribution in [0, 0.1) is 5.92 Å². The van der Waals surface area contributed by atoms with Crippen LogP contribution in [0.15, 0.2) is 48.5 Å². The maximum Gasteiger partial charge on any atom is 0.251 e. The number of nitrogens with one attached hydrogen (secondary N) is 1. The van der Waals surface area contributed by atoms with Gasteiger partial charge in [-0.3, -0.25) is 14.5 Å². The molecule has 3 aliphatic heterocycles. The van der Waals surface area contributed by atoms with Crippen molar-refractivity contribution in [3.63, 3.8) is 0 Å². The molecule has 3 saturated heterocycles. The first-order valence-electron chi connectivity index (χ1n) is 9.95. The number of fused-ring (bicyclic) bond motifs is 3. The van der Waals surface area contributed by atoms with Gasteiger partial charge in [-0.15, -0.1) is 0 Å². The largest absolute Gasteiger partial charge is 0.457 e. The highest BCUT2D eigenvalue weighted by Gasteiger charge is 2.40. The van der Waals surface area contributed by atoms with Gasteiger partial charge in [0.25, 0.3) is 5.91 Å². The number of ketones is 1. The van der Waals surface area contributed by atoms with Crippen LogP contribution in [0.4, 0.5) is 0 Å². The number of nitrogens with zero attached hydrogens (tertiary/aromatic N) is 1. The summed E-state index contributed by atoms with van der Waals surface area (Å²) >= 11 is 0. The molecule has 2 atom stereocenters. The second-order valence-electron chi connectivity index (χ2n) is 7.82. The van der Waals surface area contributed by atoms with Crippen LogP contribution < -0.4 is 10.1 Å². The van der Waals surface area contributed by atoms with Gasteiger partial charge in [0, 0.05) is 23.2 Å². The maximum absolute atomic E-state index is 12.7. The smallest absolute Gasteiger partial charge is 0.251 e. The number of ether oxygens (including phenoxy) is 1. The van der Waals surface area contributed by atoms with Crippen LogP contribution in [0.3, 0.4) is 0 Å². The van der Waals surface area contributed by atoms with Crippen LogP contribution in [-0.2, 0) is 0 Å². The van der Waals surface area contributed by atoms with E-state index in [0.717, 1.165) is 13.1 Å². The van der Waals surface area contributed by atoms with Gasteiger partial charge in [0.2, 0.25) is 0 Å². The molecule has 5 rings (SSSR count). The monoisotopic (exact) mass is 378 g/mol. The molecule has 0 radical (unpaired) electrons. The summed E-state index contributed by atoms with van der Waals surface area (Å²) in [6.45, 7) is 6.05. The molecule has 1 amide bonds. The van der Waals surface area contributed by atoms with E-state index in [4.69, 9.17) is 4.74 Å². The first kappa shape index (κ1) is 18.7. The van der Waals surface area contributed by atoms with E-state index in [1.165, 1.54) is 19.8 Å². The molecular weight excluding hydrogens is 352 g/mol. The van der Waals surface area contributed by atoms with Crippen LogP contribution in [0.25, 0.3) is 0 Å². The number of benzene rings is 2. The fraction of sp³-hybridized carbons (Fsp3) is 0.391. The molecule has 3 aliphatic rings. The van der Waals surface area contributed by atoms with E-state index in [-0.39, 0.29) is 17.7 Å². The van der Waals surface area contributed by atoms with E-state index in [1.54, 1.807) is 48.5 Å². The minimum atomic E-state index is -0.0250. The standard InChI is InChI=1S/C23H26N2O3/c1-15-22(18-11-13-25(15)14-12-18)24-23(27)19-5-9-21(10-6-19)28-20-7-3-17(4-8-20)16(2)26/h3-10,15,18,22H,11-14H2,1-2H3,(H,24,27). The molecule has 0 aromatic heterocycles. The van der Waals surface area contributed by atoms with E-state index < -0.39 is 0 Å². The maximum atomic E-state index is 12.7. The Hall–Kier alpha value is -2.66. The van der Waals surface area contributed by atoms with E-state index in [2.05, 4.69) is 17.1 Å². The lowest BCUT2D eigenvalue weighted by Gasteiger charge is -2.49. The number of hydrogen-bond donors (Lipinski definition) is 1. The second-order valence-corrected chi connectivity index (χ2v) is 7.82. The van der Waals surface area contributed by atoms with Gasteiger partial charge < -0.3 is 10.1 Å². The lowest BCUT2D eigenvalue weighted by atomic mass is 9.79. The molecule has 0 saturated carbocycles. The molecule has 146 valence electrons. The van der Waals surface area contributed by atoms with Crippen LogP contribution in [0.2, 0.25) is 0 Å². The highest BCUT2D eigenvalue weighted by Crippen LogP contribution is 2.32. The van der Waals surface area contributed by atoms with Gasteiger partial charge >= 0.3 is 0 Å². The first-order valence-corrected chi connectivity index (χ1v) is 9.95. The third-order valence-corrected chi connectivity index (χ3v) is 6.09. The molecule has 3 heterocycles. The molecule has 0 spiro atoms. The number of Topliss-reactive ketones (excluding diaryl/α,β-unsaturated/α-hetero) is 1. The normalized spacial score (nSPS) is 25.9. The van der Waals surface area contributed by atoms with Crippen LogP contribution >= 0.6 is 0 Å². The van der Waals surface area contributed by atoms with Crippen LogP contribution in [0.1, 0.15) is 47.4 Å². The van der Waals surface area contributed by atoms with E-state index >= 15 is 0 Å². The molecule has 0 aliphatic carbocycles. The van der Waals surface area contributed by atoms with Crippen molar-refractivity contribution in [2.24, 2.45) is 5.92 Å². The lowest BCUT2D eigenvalue weighted by molar-refractivity contribution is 0.0217. The highest BCUT2D eigenvalue weighted by molar-refractivity contribution is 5.95. The van der Waals surface area contributed by atoms with Crippen molar-refractivity contribution >= 4 is 11.7 Å². The molecule has 3 fully saturated rings. The van der Waals surface area contributed by atoms with E-state index in [1.807, 2.05) is 0 Å². The summed E-state index contributed by atoms with van der Waals surface area (Å²) in [7, 11) is 0. The zero-order valence-corrected chi connectivity index (χ0v) is 16.4. The Kier molecular flexibility index (Phi) is 5.18. The number of amides is 1. The van der Waals surface area contributed by atoms with Gasteiger partial charge in [-0.05, 0) is 94.2 Å². The van der Waals surface area contributed by atoms with Crippen LogP contribution in [0.5, 0.6) is 11.5 Å². The average molecular weight is 378 g/mol. The summed E-state index contributed by atoms with van der Waals surface area (Å²) in [6.07, 6.45) is 2.34. The van der Waals surface area contributed by atoms with E-state index in [9.17, 15) is 9.59 Å². The molecule has 2 unspecified atom stereocenters. The van der Waals surface area contributed by atoms with Crippen molar-refractivity contribution in [1.82, 2.24) is 10.2 Å². The third kappa shape index (κ3) is 3.80. The molecular formula is C23H26N2O3.